The van der Waals surface area contributed by atoms with Crippen LogP contribution in [0.4, 0.5) is 56.4 Å². The molecule has 7 aliphatic heterocycles. The summed E-state index contributed by atoms with van der Waals surface area (Å²) in [4.78, 5) is 96.7. The molecule has 0 spiro atoms. The first-order chi connectivity index (χ1) is 66.8. The molecule has 4 saturated heterocycles. The van der Waals surface area contributed by atoms with E-state index >= 15 is 0 Å². The molecule has 138 heavy (non-hydrogen) atoms. The van der Waals surface area contributed by atoms with E-state index in [9.17, 15) is 31.8 Å². The monoisotopic (exact) mass is 2010 g/mol. The predicted molar refractivity (Wildman–Crippen MR) is 546 cm³/mol. The van der Waals surface area contributed by atoms with Gasteiger partial charge in [-0.2, -0.15) is 13.5 Å². The van der Waals surface area contributed by atoms with Gasteiger partial charge in [-0.25, -0.2) is 77.2 Å². The first-order valence-corrected chi connectivity index (χ1v) is 50.6. The second kappa shape index (κ2) is 49.3. The fourth-order valence-electron chi connectivity index (χ4n) is 18.4. The highest BCUT2D eigenvalue weighted by Crippen LogP contribution is 2.40. The van der Waals surface area contributed by atoms with E-state index in [1.165, 1.54) is 66.7 Å². The average Bonchev–Trinajstić information content (AvgIpc) is 0.858. The van der Waals surface area contributed by atoms with Gasteiger partial charge in [0, 0.05) is 150 Å². The third-order valence-electron chi connectivity index (χ3n) is 25.4. The molecule has 0 aliphatic carbocycles. The first-order valence-electron chi connectivity index (χ1n) is 45.8. The van der Waals surface area contributed by atoms with E-state index in [0.717, 1.165) is 133 Å². The third-order valence-corrected chi connectivity index (χ3v) is 27.9. The molecule has 2 N–H and O–H groups in total. The van der Waals surface area contributed by atoms with Crippen molar-refractivity contribution in [3.8, 4) is 0 Å². The number of likely N-dealkylation sites (N-methyl/N-ethyl adjacent to an activating group) is 1. The maximum Gasteiger partial charge on any atom is 0.410 e. The molecule has 9 aromatic carbocycles. The molecule has 7 aliphatic rings. The lowest BCUT2D eigenvalue weighted by Gasteiger charge is -2.40. The summed E-state index contributed by atoms with van der Waals surface area (Å²) in [5.74, 6) is 1.86. The lowest BCUT2D eigenvalue weighted by molar-refractivity contribution is 0.0781. The Balaban J connectivity index is 0.000000150. The number of hydrogen-bond acceptors (Lipinski definition) is 23. The van der Waals surface area contributed by atoms with Gasteiger partial charge in [0.25, 0.3) is 0 Å². The van der Waals surface area contributed by atoms with Crippen molar-refractivity contribution in [2.24, 2.45) is 0 Å². The van der Waals surface area contributed by atoms with Crippen molar-refractivity contribution < 1.29 is 51.1 Å². The number of piperazine rings is 3. The molecule has 27 nitrogen and oxygen atoms in total. The van der Waals surface area contributed by atoms with E-state index < -0.39 is 23.0 Å². The van der Waals surface area contributed by atoms with Crippen molar-refractivity contribution in [1.29, 1.82) is 0 Å². The summed E-state index contributed by atoms with van der Waals surface area (Å²) in [6.07, 6.45) is 8.99. The topological polar surface area (TPSA) is 248 Å². The largest absolute Gasteiger partial charge is 0.445 e. The lowest BCUT2D eigenvalue weighted by atomic mass is 10.0. The zero-order valence-corrected chi connectivity index (χ0v) is 82.5. The second-order valence-electron chi connectivity index (χ2n) is 33.8. The number of anilines is 5. The zero-order chi connectivity index (χ0) is 95.9. The smallest absolute Gasteiger partial charge is 0.410 e. The second-order valence-corrected chi connectivity index (χ2v) is 37.5. The summed E-state index contributed by atoms with van der Waals surface area (Å²) < 4.78 is 72.5. The number of thioether (sulfide) groups is 2. The Labute approximate surface area is 829 Å². The Morgan fingerprint density at radius 3 is 1.23 bits per heavy atom. The summed E-state index contributed by atoms with van der Waals surface area (Å²) in [7, 11) is -1.42. The molecule has 3 aromatic heterocycles. The van der Waals surface area contributed by atoms with Gasteiger partial charge in [-0.15, -0.1) is 0 Å². The molecule has 12 aromatic rings. The molecular weight excluding hydrogens is 1900 g/mol. The van der Waals surface area contributed by atoms with E-state index in [1.807, 2.05) is 170 Å². The molecule has 0 radical (unpaired) electrons. The van der Waals surface area contributed by atoms with Gasteiger partial charge in [0.2, 0.25) is 24.8 Å². The maximum atomic E-state index is 14.5. The first kappa shape index (κ1) is 102. The van der Waals surface area contributed by atoms with Gasteiger partial charge in [0.05, 0.1) is 47.6 Å². The number of likely N-dealkylation sites (tertiary alicyclic amines) is 1. The molecular formula is C103H111BrF3N19O8S4. The quantitative estimate of drug-likeness (QED) is 0.0330. The molecule has 10 heterocycles. The Hall–Kier alpha value is -12.4. The average molecular weight is 2010 g/mol. The van der Waals surface area contributed by atoms with Gasteiger partial charge in [0.1, 0.15) is 72.9 Å². The van der Waals surface area contributed by atoms with Crippen LogP contribution in [0.2, 0.25) is 0 Å². The number of aliphatic hydroxyl groups excluding tert-OH is 1. The summed E-state index contributed by atoms with van der Waals surface area (Å²) in [5, 5.41) is 18.3. The van der Waals surface area contributed by atoms with Gasteiger partial charge in [-0.05, 0) is 123 Å². The van der Waals surface area contributed by atoms with Gasteiger partial charge in [0.15, 0.2) is 10.3 Å². The highest BCUT2D eigenvalue weighted by Gasteiger charge is 2.41. The summed E-state index contributed by atoms with van der Waals surface area (Å²) in [6, 6.07) is 60.5. The minimum atomic E-state index is -1.42. The maximum absolute atomic E-state index is 14.5. The number of aromatic nitrogens is 6. The van der Waals surface area contributed by atoms with Crippen LogP contribution in [-0.2, 0) is 83.7 Å². The van der Waals surface area contributed by atoms with Crippen molar-refractivity contribution in [3.63, 3.8) is 0 Å². The SMILES string of the molecule is CCN1CCC[C@H]1CO.Fc1ccc(Br)c2ccccc12.S.[C-]#[N+]CC1CN(c2nc(S(C)=O)nc3c2CCN(c2ccc(F)c4ccccc24)C3)CCN1C(=O)OCc1ccccc1.[C-]#[N+]CC1CN(c2nc(SC)nc3c2CCN(c2ccc(F)c4ccccc24)C3)CCN1C(=O)OCc1ccccc1.[C-]#[N+]CC1CN(c2nc(SC)nc3c2CCNC3)CCN1C(=O)OCc1ccccc1. The molecule has 0 saturated carbocycles. The number of hydrogen-bond donors (Lipinski definition) is 2. The van der Waals surface area contributed by atoms with E-state index in [4.69, 9.17) is 64.0 Å². The Bertz CT molecular complexity index is 6350. The van der Waals surface area contributed by atoms with E-state index in [1.54, 1.807) is 45.2 Å². The lowest BCUT2D eigenvalue weighted by Crippen LogP contribution is -2.57. The van der Waals surface area contributed by atoms with Crippen molar-refractivity contribution in [1.82, 2.24) is 54.8 Å². The number of fused-ring (bicyclic) bond motifs is 6. The third kappa shape index (κ3) is 24.8. The Morgan fingerprint density at radius 2 is 0.841 bits per heavy atom. The van der Waals surface area contributed by atoms with Crippen LogP contribution >= 0.6 is 52.9 Å². The van der Waals surface area contributed by atoms with E-state index in [2.05, 4.69) is 77.1 Å². The fraction of sp³-hybridized carbons (Fsp3) is 0.359. The summed E-state index contributed by atoms with van der Waals surface area (Å²) in [6.45, 7) is 36.9. The van der Waals surface area contributed by atoms with Crippen LogP contribution < -0.4 is 29.8 Å². The number of aliphatic hydroxyl groups is 1. The van der Waals surface area contributed by atoms with Crippen LogP contribution in [0.15, 0.2) is 220 Å². The molecule has 35 heteroatoms. The molecule has 3 amide bonds. The molecule has 718 valence electrons. The van der Waals surface area contributed by atoms with Crippen molar-refractivity contribution in [2.45, 2.75) is 118 Å². The number of rotatable bonds is 19. The van der Waals surface area contributed by atoms with Crippen LogP contribution in [-0.4, -0.2) is 238 Å². The van der Waals surface area contributed by atoms with Gasteiger partial charge < -0.3 is 63.7 Å². The highest BCUT2D eigenvalue weighted by atomic mass is 79.9. The number of nitrogens with zero attached hydrogens (tertiary/aromatic N) is 18. The number of amides is 3. The highest BCUT2D eigenvalue weighted by molar-refractivity contribution is 9.10. The molecule has 19 rings (SSSR count). The standard InChI is InChI=1S/C32H31FN6O3S.C32H31FN6O2S.C22H26N6O2S.C10H6BrF.C7H15NO.H2S/c1-34-18-23-19-38(16-17-39(23)32(40)42-21-22-8-4-3-5-9-22)30-26-14-15-37(20-28(26)35-31(36-30)43(2)41)29-13-12-27(33)24-10-6-7-11-25(24)29;1-34-18-23-19-38(16-17-39(23)32(40)41-21-22-8-4-3-5-9-22)30-26-14-15-37(20-28(26)35-31(36-30)42-2)29-13-12-27(33)24-10-6-7-11-25(24)29;1-23-12-17-14-27(20-18-8-9-24-13-19(18)25-21(26-20)31-2)10-11-28(17)22(29)30-15-16-6-4-3-5-7-16;11-9-5-6-10(12)8-4-2-1-3-7(8)9;1-2-8-5-3-4-7(8)6-9;/h3-13,23H,14-21H2,2H3;3-13,23H,14-21H2,2H3;3-7,17,24H,8-15H2,2H3;1-6H;7,9H,2-6H2,1H3;1H2/t;;;;7-;/m....0./s1. The summed E-state index contributed by atoms with van der Waals surface area (Å²) in [5.41, 5.74) is 10.7. The number of carbonyl (C=O) groups is 3. The Kier molecular flexibility index (Phi) is 36.3. The van der Waals surface area contributed by atoms with Crippen molar-refractivity contribution in [2.75, 3.05) is 161 Å². The normalized spacial score (nSPS) is 17.4. The number of halogens is 4. The number of carbonyl (C=O) groups excluding carboxylic acids is 3. The van der Waals surface area contributed by atoms with E-state index in [0.29, 0.717) is 125 Å². The minimum Gasteiger partial charge on any atom is -0.445 e. The van der Waals surface area contributed by atoms with Crippen molar-refractivity contribution >= 4 is 143 Å². The van der Waals surface area contributed by atoms with Crippen LogP contribution in [0.3, 0.4) is 0 Å². The zero-order valence-electron chi connectivity index (χ0n) is 77.5. The molecule has 0 bridgehead atoms. The molecule has 4 fully saturated rings. The van der Waals surface area contributed by atoms with E-state index in [-0.39, 0.29) is 99.8 Å². The number of nitrogens with one attached hydrogen (secondary N) is 1. The predicted octanol–water partition coefficient (Wildman–Crippen LogP) is 17.5. The fourth-order valence-corrected chi connectivity index (χ4v) is 20.1. The van der Waals surface area contributed by atoms with Crippen LogP contribution in [0.25, 0.3) is 46.9 Å². The van der Waals surface area contributed by atoms with Gasteiger partial charge in [-0.1, -0.05) is 210 Å². The summed E-state index contributed by atoms with van der Waals surface area (Å²) >= 11 is 6.39. The van der Waals surface area contributed by atoms with Crippen LogP contribution in [0.5, 0.6) is 0 Å². The minimum absolute atomic E-state index is 0. The van der Waals surface area contributed by atoms with Gasteiger partial charge in [-0.3, -0.25) is 23.8 Å². The van der Waals surface area contributed by atoms with Crippen molar-refractivity contribution in [3.05, 3.63) is 307 Å². The molecule has 4 unspecified atom stereocenters. The van der Waals surface area contributed by atoms with Crippen LogP contribution in [0, 0.1) is 37.2 Å². The molecule has 5 atom stereocenters. The Morgan fingerprint density at radius 1 is 0.464 bits per heavy atom. The number of ether oxygens (including phenoxy) is 3. The number of benzene rings is 9. The van der Waals surface area contributed by atoms with Crippen LogP contribution in [0.1, 0.15) is 70.2 Å². The van der Waals surface area contributed by atoms with Gasteiger partial charge >= 0.3 is 18.3 Å².